The standard InChI is InChI=1S/C12H9NO4/c1-17-11(14)6-10(7-13)8-2-4-9(5-3-8)12(15)16/h2-6H,1H3,(H,15,16). The average Bonchev–Trinajstić information content (AvgIpc) is 2.35. The van der Waals surface area contributed by atoms with Gasteiger partial charge in [0.15, 0.2) is 0 Å². The lowest BCUT2D eigenvalue weighted by Gasteiger charge is -1.99. The van der Waals surface area contributed by atoms with E-state index < -0.39 is 11.9 Å². The molecule has 0 aliphatic rings. The second kappa shape index (κ2) is 5.47. The Morgan fingerprint density at radius 2 is 1.82 bits per heavy atom. The Balaban J connectivity index is 3.07. The first-order chi connectivity index (χ1) is 8.08. The molecule has 0 aliphatic carbocycles. The van der Waals surface area contributed by atoms with Crippen LogP contribution < -0.4 is 0 Å². The molecule has 5 heteroatoms. The zero-order valence-electron chi connectivity index (χ0n) is 9.01. The maximum atomic E-state index is 11.0. The monoisotopic (exact) mass is 231 g/mol. The predicted molar refractivity (Wildman–Crippen MR) is 59.0 cm³/mol. The van der Waals surface area contributed by atoms with Gasteiger partial charge in [-0.25, -0.2) is 9.59 Å². The zero-order chi connectivity index (χ0) is 12.8. The van der Waals surface area contributed by atoms with Crippen LogP contribution in [0.25, 0.3) is 5.57 Å². The summed E-state index contributed by atoms with van der Waals surface area (Å²) in [5, 5.41) is 17.6. The van der Waals surface area contributed by atoms with Crippen LogP contribution in [-0.4, -0.2) is 24.2 Å². The minimum atomic E-state index is -1.05. The summed E-state index contributed by atoms with van der Waals surface area (Å²) in [4.78, 5) is 21.6. The van der Waals surface area contributed by atoms with Gasteiger partial charge in [0.05, 0.1) is 18.2 Å². The van der Waals surface area contributed by atoms with Gasteiger partial charge in [-0.2, -0.15) is 5.26 Å². The van der Waals surface area contributed by atoms with E-state index in [1.807, 2.05) is 6.07 Å². The van der Waals surface area contributed by atoms with Crippen molar-refractivity contribution in [3.05, 3.63) is 41.5 Å². The molecule has 0 aromatic heterocycles. The molecule has 1 N–H and O–H groups in total. The molecule has 0 atom stereocenters. The van der Waals surface area contributed by atoms with E-state index >= 15 is 0 Å². The number of ether oxygens (including phenoxy) is 1. The van der Waals surface area contributed by atoms with Gasteiger partial charge < -0.3 is 9.84 Å². The molecule has 1 aromatic carbocycles. The normalized spacial score (nSPS) is 10.5. The number of carbonyl (C=O) groups is 2. The van der Waals surface area contributed by atoms with Gasteiger partial charge in [0, 0.05) is 6.08 Å². The Morgan fingerprint density at radius 1 is 1.29 bits per heavy atom. The Morgan fingerprint density at radius 3 is 2.24 bits per heavy atom. The number of carboxylic acid groups (broad SMARTS) is 1. The first kappa shape index (κ1) is 12.5. The molecule has 0 heterocycles. The second-order valence-corrected chi connectivity index (χ2v) is 3.08. The largest absolute Gasteiger partial charge is 0.478 e. The highest BCUT2D eigenvalue weighted by Crippen LogP contribution is 2.14. The number of carbonyl (C=O) groups excluding carboxylic acids is 1. The lowest BCUT2D eigenvalue weighted by molar-refractivity contribution is -0.134. The highest BCUT2D eigenvalue weighted by molar-refractivity contribution is 5.95. The van der Waals surface area contributed by atoms with Crippen molar-refractivity contribution < 1.29 is 19.4 Å². The summed E-state index contributed by atoms with van der Waals surface area (Å²) in [6.45, 7) is 0. The number of nitrogens with zero attached hydrogens (tertiary/aromatic N) is 1. The van der Waals surface area contributed by atoms with Crippen LogP contribution >= 0.6 is 0 Å². The topological polar surface area (TPSA) is 87.4 Å². The third-order valence-corrected chi connectivity index (χ3v) is 2.03. The van der Waals surface area contributed by atoms with Crippen LogP contribution in [0.5, 0.6) is 0 Å². The van der Waals surface area contributed by atoms with Crippen LogP contribution in [0.15, 0.2) is 30.3 Å². The molecule has 1 aromatic rings. The van der Waals surface area contributed by atoms with Gasteiger partial charge in [0.1, 0.15) is 6.07 Å². The van der Waals surface area contributed by atoms with Crippen molar-refractivity contribution in [3.8, 4) is 6.07 Å². The minimum Gasteiger partial charge on any atom is -0.478 e. The van der Waals surface area contributed by atoms with E-state index in [1.165, 1.54) is 31.4 Å². The molecular formula is C12H9NO4. The van der Waals surface area contributed by atoms with Gasteiger partial charge >= 0.3 is 11.9 Å². The Labute approximate surface area is 97.6 Å². The number of rotatable bonds is 3. The van der Waals surface area contributed by atoms with E-state index in [2.05, 4.69) is 4.74 Å². The molecule has 0 bridgehead atoms. The SMILES string of the molecule is COC(=O)C=C(C#N)c1ccc(C(=O)O)cc1. The number of allylic oxidation sites excluding steroid dienone is 1. The summed E-state index contributed by atoms with van der Waals surface area (Å²) in [5.41, 5.74) is 0.695. The van der Waals surface area contributed by atoms with Crippen LogP contribution in [0.3, 0.4) is 0 Å². The molecule has 0 saturated heterocycles. The number of aromatic carboxylic acids is 1. The van der Waals surface area contributed by atoms with E-state index in [0.29, 0.717) is 5.56 Å². The number of hydrogen-bond donors (Lipinski definition) is 1. The summed E-state index contributed by atoms with van der Waals surface area (Å²) in [7, 11) is 1.21. The second-order valence-electron chi connectivity index (χ2n) is 3.08. The number of esters is 1. The lowest BCUT2D eigenvalue weighted by atomic mass is 10.0. The van der Waals surface area contributed by atoms with Gasteiger partial charge in [0.25, 0.3) is 0 Å². The fraction of sp³-hybridized carbons (Fsp3) is 0.0833. The molecule has 0 spiro atoms. The smallest absolute Gasteiger partial charge is 0.335 e. The summed E-state index contributed by atoms with van der Waals surface area (Å²) in [6, 6.07) is 7.49. The molecular weight excluding hydrogens is 222 g/mol. The molecule has 86 valence electrons. The van der Waals surface area contributed by atoms with E-state index in [0.717, 1.165) is 6.08 Å². The van der Waals surface area contributed by atoms with Crippen molar-refractivity contribution in [2.75, 3.05) is 7.11 Å². The van der Waals surface area contributed by atoms with Gasteiger partial charge in [0.2, 0.25) is 0 Å². The molecule has 0 fully saturated rings. The average molecular weight is 231 g/mol. The van der Waals surface area contributed by atoms with Crippen molar-refractivity contribution in [2.45, 2.75) is 0 Å². The molecule has 0 saturated carbocycles. The van der Waals surface area contributed by atoms with Gasteiger partial charge in [-0.1, -0.05) is 12.1 Å². The number of benzene rings is 1. The molecule has 0 unspecified atom stereocenters. The van der Waals surface area contributed by atoms with Crippen LogP contribution in [0.2, 0.25) is 0 Å². The number of carboxylic acids is 1. The van der Waals surface area contributed by atoms with Crippen molar-refractivity contribution in [1.29, 1.82) is 5.26 Å². The molecule has 1 rings (SSSR count). The van der Waals surface area contributed by atoms with Crippen LogP contribution in [0.1, 0.15) is 15.9 Å². The number of hydrogen-bond acceptors (Lipinski definition) is 4. The van der Waals surface area contributed by atoms with E-state index in [1.54, 1.807) is 0 Å². The lowest BCUT2D eigenvalue weighted by Crippen LogP contribution is -1.98. The van der Waals surface area contributed by atoms with Crippen molar-refractivity contribution in [3.63, 3.8) is 0 Å². The van der Waals surface area contributed by atoms with Gasteiger partial charge in [-0.15, -0.1) is 0 Å². The highest BCUT2D eigenvalue weighted by atomic mass is 16.5. The summed E-state index contributed by atoms with van der Waals surface area (Å²) in [5.74, 6) is -1.68. The first-order valence-electron chi connectivity index (χ1n) is 4.62. The third-order valence-electron chi connectivity index (χ3n) is 2.03. The van der Waals surface area contributed by atoms with Crippen LogP contribution in [0, 0.1) is 11.3 Å². The molecule has 0 aliphatic heterocycles. The van der Waals surface area contributed by atoms with Gasteiger partial charge in [-0.3, -0.25) is 0 Å². The zero-order valence-corrected chi connectivity index (χ0v) is 9.01. The maximum Gasteiger partial charge on any atom is 0.335 e. The Hall–Kier alpha value is -2.61. The Kier molecular flexibility index (Phi) is 4.01. The summed E-state index contributed by atoms with van der Waals surface area (Å²) in [6.07, 6.45) is 1.05. The molecule has 17 heavy (non-hydrogen) atoms. The van der Waals surface area contributed by atoms with Crippen LogP contribution in [0.4, 0.5) is 0 Å². The van der Waals surface area contributed by atoms with E-state index in [4.69, 9.17) is 10.4 Å². The fourth-order valence-corrected chi connectivity index (χ4v) is 1.15. The third kappa shape index (κ3) is 3.18. The summed E-state index contributed by atoms with van der Waals surface area (Å²) >= 11 is 0. The highest BCUT2D eigenvalue weighted by Gasteiger charge is 2.06. The fourth-order valence-electron chi connectivity index (χ4n) is 1.15. The van der Waals surface area contributed by atoms with Gasteiger partial charge in [-0.05, 0) is 17.7 Å². The molecule has 0 amide bonds. The quantitative estimate of drug-likeness (QED) is 0.483. The predicted octanol–water partition coefficient (Wildman–Crippen LogP) is 1.46. The minimum absolute atomic E-state index is 0.115. The Bertz CT molecular complexity index is 508. The van der Waals surface area contributed by atoms with E-state index in [9.17, 15) is 9.59 Å². The van der Waals surface area contributed by atoms with Crippen molar-refractivity contribution in [1.82, 2.24) is 0 Å². The molecule has 0 radical (unpaired) electrons. The molecule has 5 nitrogen and oxygen atoms in total. The van der Waals surface area contributed by atoms with E-state index in [-0.39, 0.29) is 11.1 Å². The number of nitriles is 1. The van der Waals surface area contributed by atoms with Crippen molar-refractivity contribution >= 4 is 17.5 Å². The summed E-state index contributed by atoms with van der Waals surface area (Å²) < 4.78 is 4.41. The first-order valence-corrected chi connectivity index (χ1v) is 4.62. The number of methoxy groups -OCH3 is 1. The maximum absolute atomic E-state index is 11.0. The van der Waals surface area contributed by atoms with Crippen molar-refractivity contribution in [2.24, 2.45) is 0 Å². The van der Waals surface area contributed by atoms with Crippen LogP contribution in [-0.2, 0) is 9.53 Å².